The van der Waals surface area contributed by atoms with Crippen LogP contribution < -0.4 is 10.1 Å². The molecule has 0 spiro atoms. The molecule has 0 aliphatic carbocycles. The van der Waals surface area contributed by atoms with Crippen LogP contribution in [-0.4, -0.2) is 19.1 Å². The Morgan fingerprint density at radius 2 is 1.91 bits per heavy atom. The normalized spacial score (nSPS) is 10.7. The Labute approximate surface area is 139 Å². The number of benzene rings is 2. The quantitative estimate of drug-likeness (QED) is 0.748. The summed E-state index contributed by atoms with van der Waals surface area (Å²) in [6.45, 7) is 0.477. The molecular formula is C18H16ClNO3. The van der Waals surface area contributed by atoms with Crippen LogP contribution in [0.1, 0.15) is 5.76 Å². The van der Waals surface area contributed by atoms with Gasteiger partial charge < -0.3 is 14.5 Å². The Kier molecular flexibility index (Phi) is 4.83. The van der Waals surface area contributed by atoms with Crippen LogP contribution in [0.15, 0.2) is 59.0 Å². The topological polar surface area (TPSA) is 51.5 Å². The standard InChI is InChI=1S/C18H16ClNO3/c19-14-5-7-15(8-6-14)22-12-18(21)20-10-9-16-11-13-3-1-2-4-17(13)23-16/h1-8,11H,9-10,12H2,(H,20,21). The zero-order chi connectivity index (χ0) is 16.1. The van der Waals surface area contributed by atoms with Gasteiger partial charge in [-0.3, -0.25) is 4.79 Å². The smallest absolute Gasteiger partial charge is 0.257 e. The van der Waals surface area contributed by atoms with Crippen molar-refractivity contribution in [3.8, 4) is 5.75 Å². The molecular weight excluding hydrogens is 314 g/mol. The highest BCUT2D eigenvalue weighted by Crippen LogP contribution is 2.18. The summed E-state index contributed by atoms with van der Waals surface area (Å²) in [5.74, 6) is 1.29. The van der Waals surface area contributed by atoms with E-state index in [1.165, 1.54) is 0 Å². The van der Waals surface area contributed by atoms with E-state index in [0.717, 1.165) is 16.7 Å². The lowest BCUT2D eigenvalue weighted by Gasteiger charge is -2.06. The highest BCUT2D eigenvalue weighted by molar-refractivity contribution is 6.30. The molecule has 23 heavy (non-hydrogen) atoms. The monoisotopic (exact) mass is 329 g/mol. The van der Waals surface area contributed by atoms with Crippen molar-refractivity contribution in [3.05, 3.63) is 65.4 Å². The van der Waals surface area contributed by atoms with Crippen molar-refractivity contribution in [2.45, 2.75) is 6.42 Å². The molecule has 5 heteroatoms. The van der Waals surface area contributed by atoms with Gasteiger partial charge in [0, 0.05) is 23.4 Å². The molecule has 0 saturated carbocycles. The van der Waals surface area contributed by atoms with Crippen molar-refractivity contribution >= 4 is 28.5 Å². The van der Waals surface area contributed by atoms with Crippen LogP contribution in [0.3, 0.4) is 0 Å². The third-order valence-corrected chi connectivity index (χ3v) is 3.61. The predicted octanol–water partition coefficient (Wildman–Crippen LogP) is 3.82. The molecule has 0 bridgehead atoms. The molecule has 0 atom stereocenters. The second-order valence-corrected chi connectivity index (χ2v) is 5.53. The number of furan rings is 1. The predicted molar refractivity (Wildman–Crippen MR) is 89.9 cm³/mol. The van der Waals surface area contributed by atoms with Gasteiger partial charge in [0.2, 0.25) is 0 Å². The van der Waals surface area contributed by atoms with E-state index < -0.39 is 0 Å². The molecule has 1 heterocycles. The van der Waals surface area contributed by atoms with Crippen molar-refractivity contribution in [2.75, 3.05) is 13.2 Å². The number of ether oxygens (including phenoxy) is 1. The van der Waals surface area contributed by atoms with E-state index in [1.807, 2.05) is 30.3 Å². The molecule has 0 aliphatic heterocycles. The highest BCUT2D eigenvalue weighted by atomic mass is 35.5. The Morgan fingerprint density at radius 1 is 1.13 bits per heavy atom. The minimum absolute atomic E-state index is 0.0260. The van der Waals surface area contributed by atoms with Crippen LogP contribution in [0, 0.1) is 0 Å². The lowest BCUT2D eigenvalue weighted by molar-refractivity contribution is -0.123. The number of amides is 1. The molecule has 1 N–H and O–H groups in total. The van der Waals surface area contributed by atoms with E-state index in [9.17, 15) is 4.79 Å². The largest absolute Gasteiger partial charge is 0.484 e. The van der Waals surface area contributed by atoms with Crippen LogP contribution in [0.2, 0.25) is 5.02 Å². The van der Waals surface area contributed by atoms with Crippen molar-refractivity contribution in [2.24, 2.45) is 0 Å². The van der Waals surface area contributed by atoms with Crippen molar-refractivity contribution in [1.29, 1.82) is 0 Å². The Morgan fingerprint density at radius 3 is 2.70 bits per heavy atom. The second kappa shape index (κ2) is 7.20. The molecule has 1 aromatic heterocycles. The third-order valence-electron chi connectivity index (χ3n) is 3.35. The molecule has 118 valence electrons. The van der Waals surface area contributed by atoms with Gasteiger partial charge >= 0.3 is 0 Å². The number of carbonyl (C=O) groups excluding carboxylic acids is 1. The van der Waals surface area contributed by atoms with Gasteiger partial charge in [0.05, 0.1) is 0 Å². The lowest BCUT2D eigenvalue weighted by atomic mass is 10.2. The van der Waals surface area contributed by atoms with Crippen LogP contribution in [0.5, 0.6) is 5.75 Å². The molecule has 1 amide bonds. The van der Waals surface area contributed by atoms with Gasteiger partial charge in [0.25, 0.3) is 5.91 Å². The Hall–Kier alpha value is -2.46. The highest BCUT2D eigenvalue weighted by Gasteiger charge is 2.05. The van der Waals surface area contributed by atoms with Crippen LogP contribution in [0.25, 0.3) is 11.0 Å². The van der Waals surface area contributed by atoms with Gasteiger partial charge in [-0.15, -0.1) is 0 Å². The summed E-state index contributed by atoms with van der Waals surface area (Å²) in [5.41, 5.74) is 0.861. The zero-order valence-corrected chi connectivity index (χ0v) is 13.2. The Balaban J connectivity index is 1.43. The first-order valence-corrected chi connectivity index (χ1v) is 7.71. The van der Waals surface area contributed by atoms with E-state index in [4.69, 9.17) is 20.8 Å². The fourth-order valence-corrected chi connectivity index (χ4v) is 2.34. The first-order chi connectivity index (χ1) is 11.2. The summed E-state index contributed by atoms with van der Waals surface area (Å²) >= 11 is 5.79. The average Bonchev–Trinajstić information content (AvgIpc) is 2.97. The number of para-hydroxylation sites is 1. The SMILES string of the molecule is O=C(COc1ccc(Cl)cc1)NCCc1cc2ccccc2o1. The number of fused-ring (bicyclic) bond motifs is 1. The summed E-state index contributed by atoms with van der Waals surface area (Å²) in [6.07, 6.45) is 0.640. The molecule has 0 radical (unpaired) electrons. The number of halogens is 1. The van der Waals surface area contributed by atoms with Gasteiger partial charge in [0.15, 0.2) is 6.61 Å². The molecule has 0 aliphatic rings. The van der Waals surface area contributed by atoms with Crippen LogP contribution in [0.4, 0.5) is 0 Å². The number of hydrogen-bond donors (Lipinski definition) is 1. The summed E-state index contributed by atoms with van der Waals surface area (Å²) in [6, 6.07) is 16.7. The summed E-state index contributed by atoms with van der Waals surface area (Å²) in [5, 5.41) is 4.51. The molecule has 0 saturated heterocycles. The molecule has 0 fully saturated rings. The Bertz CT molecular complexity index is 762. The number of nitrogens with one attached hydrogen (secondary N) is 1. The fourth-order valence-electron chi connectivity index (χ4n) is 2.22. The minimum Gasteiger partial charge on any atom is -0.484 e. The van der Waals surface area contributed by atoms with Gasteiger partial charge in [-0.2, -0.15) is 0 Å². The van der Waals surface area contributed by atoms with Crippen LogP contribution in [-0.2, 0) is 11.2 Å². The van der Waals surface area contributed by atoms with E-state index in [2.05, 4.69) is 5.32 Å². The average molecular weight is 330 g/mol. The number of carbonyl (C=O) groups is 1. The lowest BCUT2D eigenvalue weighted by Crippen LogP contribution is -2.30. The zero-order valence-electron chi connectivity index (χ0n) is 12.4. The van der Waals surface area contributed by atoms with E-state index in [1.54, 1.807) is 24.3 Å². The summed E-state index contributed by atoms with van der Waals surface area (Å²) in [4.78, 5) is 11.8. The van der Waals surface area contributed by atoms with E-state index in [-0.39, 0.29) is 12.5 Å². The van der Waals surface area contributed by atoms with Gasteiger partial charge in [-0.05, 0) is 36.4 Å². The summed E-state index contributed by atoms with van der Waals surface area (Å²) < 4.78 is 11.1. The number of hydrogen-bond acceptors (Lipinski definition) is 3. The second-order valence-electron chi connectivity index (χ2n) is 5.09. The maximum atomic E-state index is 11.8. The maximum Gasteiger partial charge on any atom is 0.257 e. The van der Waals surface area contributed by atoms with Crippen molar-refractivity contribution in [3.63, 3.8) is 0 Å². The third kappa shape index (κ3) is 4.27. The molecule has 3 rings (SSSR count). The number of rotatable bonds is 6. The van der Waals surface area contributed by atoms with Gasteiger partial charge in [-0.25, -0.2) is 0 Å². The van der Waals surface area contributed by atoms with Gasteiger partial charge in [0.1, 0.15) is 17.1 Å². The van der Waals surface area contributed by atoms with E-state index in [0.29, 0.717) is 23.7 Å². The van der Waals surface area contributed by atoms with Crippen molar-refractivity contribution < 1.29 is 13.9 Å². The van der Waals surface area contributed by atoms with Crippen molar-refractivity contribution in [1.82, 2.24) is 5.32 Å². The fraction of sp³-hybridized carbons (Fsp3) is 0.167. The minimum atomic E-state index is -0.170. The molecule has 2 aromatic carbocycles. The molecule has 4 nitrogen and oxygen atoms in total. The molecule has 3 aromatic rings. The van der Waals surface area contributed by atoms with Crippen LogP contribution >= 0.6 is 11.6 Å². The first-order valence-electron chi connectivity index (χ1n) is 7.33. The summed E-state index contributed by atoms with van der Waals surface area (Å²) in [7, 11) is 0. The van der Waals surface area contributed by atoms with E-state index >= 15 is 0 Å². The first kappa shape index (κ1) is 15.4. The molecule has 0 unspecified atom stereocenters. The maximum absolute atomic E-state index is 11.8. The van der Waals surface area contributed by atoms with Gasteiger partial charge in [-0.1, -0.05) is 29.8 Å².